The van der Waals surface area contributed by atoms with Gasteiger partial charge in [-0.2, -0.15) is 0 Å². The van der Waals surface area contributed by atoms with Crippen LogP contribution in [0.4, 0.5) is 11.4 Å². The van der Waals surface area contributed by atoms with E-state index >= 15 is 0 Å². The molecule has 4 heteroatoms. The van der Waals surface area contributed by atoms with Crippen LogP contribution in [0.2, 0.25) is 0 Å². The lowest BCUT2D eigenvalue weighted by Crippen LogP contribution is -2.61. The van der Waals surface area contributed by atoms with Crippen LogP contribution in [-0.2, 0) is 4.79 Å². The summed E-state index contributed by atoms with van der Waals surface area (Å²) in [7, 11) is 0. The maximum atomic E-state index is 12.7. The number of rotatable bonds is 3. The summed E-state index contributed by atoms with van der Waals surface area (Å²) in [5.74, 6) is 2.08. The molecule has 4 bridgehead atoms. The van der Waals surface area contributed by atoms with Crippen LogP contribution in [-0.4, -0.2) is 35.0 Å². The third-order valence-electron chi connectivity index (χ3n) is 8.43. The van der Waals surface area contributed by atoms with Gasteiger partial charge < -0.3 is 10.6 Å². The Bertz CT molecular complexity index is 723. The zero-order valence-corrected chi connectivity index (χ0v) is 17.9. The number of benzene rings is 1. The summed E-state index contributed by atoms with van der Waals surface area (Å²) in [6.07, 6.45) is 14.9. The minimum atomic E-state index is 0.131. The third kappa shape index (κ3) is 3.69. The van der Waals surface area contributed by atoms with E-state index in [2.05, 4.69) is 4.90 Å². The van der Waals surface area contributed by atoms with Crippen LogP contribution in [0.3, 0.4) is 0 Å². The maximum absolute atomic E-state index is 12.7. The van der Waals surface area contributed by atoms with Crippen LogP contribution in [0.5, 0.6) is 0 Å². The highest BCUT2D eigenvalue weighted by Crippen LogP contribution is 2.46. The monoisotopic (exact) mass is 395 g/mol. The van der Waals surface area contributed by atoms with Gasteiger partial charge in [-0.25, -0.2) is 0 Å². The van der Waals surface area contributed by atoms with E-state index in [1.54, 1.807) is 6.92 Å². The number of nitrogens with zero attached hydrogens (tertiary/aromatic N) is 2. The van der Waals surface area contributed by atoms with E-state index in [4.69, 9.17) is 5.73 Å². The number of amides is 1. The first kappa shape index (κ1) is 19.4. The van der Waals surface area contributed by atoms with Crippen LogP contribution in [0, 0.1) is 11.8 Å². The Hall–Kier alpha value is -1.55. The fraction of sp³-hybridized carbons (Fsp3) is 0.720. The Morgan fingerprint density at radius 3 is 2.14 bits per heavy atom. The molecule has 0 aromatic heterocycles. The Morgan fingerprint density at radius 1 is 0.897 bits per heavy atom. The lowest BCUT2D eigenvalue weighted by molar-refractivity contribution is -0.118. The van der Waals surface area contributed by atoms with Gasteiger partial charge in [-0.3, -0.25) is 9.69 Å². The second-order valence-electron chi connectivity index (χ2n) is 10.3. The molecule has 158 valence electrons. The number of hydrogen-bond acceptors (Lipinski definition) is 3. The standard InChI is InChI=1S/C25H37N3O/c1-17(29)27(25-11-3-2-10-24(25)26)23-15-20-8-5-9-21(16-23)28(20)22-13-18-6-4-7-19(12-18)14-22/h2-3,10-11,18-23H,4-9,12-16,26H2,1H3/t18-,19+,20-,21+,22+,23+. The summed E-state index contributed by atoms with van der Waals surface area (Å²) in [6.45, 7) is 1.71. The van der Waals surface area contributed by atoms with Gasteiger partial charge in [-0.15, -0.1) is 0 Å². The highest BCUT2D eigenvalue weighted by atomic mass is 16.2. The van der Waals surface area contributed by atoms with Gasteiger partial charge in [0.2, 0.25) is 5.91 Å². The molecule has 2 aliphatic carbocycles. The molecule has 4 fully saturated rings. The van der Waals surface area contributed by atoms with Gasteiger partial charge >= 0.3 is 0 Å². The van der Waals surface area contributed by atoms with E-state index in [0.29, 0.717) is 12.1 Å². The molecule has 2 saturated heterocycles. The number of para-hydroxylation sites is 2. The van der Waals surface area contributed by atoms with E-state index in [1.165, 1.54) is 57.8 Å². The molecule has 5 rings (SSSR count). The first-order valence-corrected chi connectivity index (χ1v) is 12.0. The number of carbonyl (C=O) groups is 1. The van der Waals surface area contributed by atoms with Crippen molar-refractivity contribution < 1.29 is 4.79 Å². The molecule has 4 nitrogen and oxygen atoms in total. The van der Waals surface area contributed by atoms with Gasteiger partial charge in [0.1, 0.15) is 0 Å². The van der Waals surface area contributed by atoms with Gasteiger partial charge in [-0.05, 0) is 68.9 Å². The van der Waals surface area contributed by atoms with Crippen LogP contribution in [0.1, 0.15) is 77.6 Å². The number of anilines is 2. The summed E-state index contributed by atoms with van der Waals surface area (Å²) in [6, 6.07) is 10.2. The molecular weight excluding hydrogens is 358 g/mol. The van der Waals surface area contributed by atoms with Crippen LogP contribution in [0.15, 0.2) is 24.3 Å². The molecule has 4 aliphatic rings. The Kier molecular flexibility index (Phi) is 5.32. The fourth-order valence-electron chi connectivity index (χ4n) is 7.47. The number of fused-ring (bicyclic) bond motifs is 4. The number of hydrogen-bond donors (Lipinski definition) is 1. The molecule has 2 saturated carbocycles. The third-order valence-corrected chi connectivity index (χ3v) is 8.43. The van der Waals surface area contributed by atoms with Crippen molar-refractivity contribution in [1.82, 2.24) is 4.90 Å². The molecule has 2 heterocycles. The average Bonchev–Trinajstić information content (AvgIpc) is 2.68. The smallest absolute Gasteiger partial charge is 0.224 e. The summed E-state index contributed by atoms with van der Waals surface area (Å²) in [5.41, 5.74) is 7.90. The lowest BCUT2D eigenvalue weighted by Gasteiger charge is -2.56. The average molecular weight is 396 g/mol. The van der Waals surface area contributed by atoms with Crippen LogP contribution >= 0.6 is 0 Å². The van der Waals surface area contributed by atoms with Crippen molar-refractivity contribution in [2.45, 2.75) is 102 Å². The van der Waals surface area contributed by atoms with E-state index in [0.717, 1.165) is 42.1 Å². The summed E-state index contributed by atoms with van der Waals surface area (Å²) in [4.78, 5) is 17.7. The van der Waals surface area contributed by atoms with E-state index in [9.17, 15) is 4.79 Å². The van der Waals surface area contributed by atoms with Gasteiger partial charge in [-0.1, -0.05) is 37.8 Å². The molecule has 2 aliphatic heterocycles. The van der Waals surface area contributed by atoms with E-state index < -0.39 is 0 Å². The molecule has 0 unspecified atom stereocenters. The molecule has 1 amide bonds. The van der Waals surface area contributed by atoms with Crippen molar-refractivity contribution in [1.29, 1.82) is 0 Å². The molecule has 1 aromatic carbocycles. The van der Waals surface area contributed by atoms with Gasteiger partial charge in [0.25, 0.3) is 0 Å². The molecular formula is C25H37N3O. The van der Waals surface area contributed by atoms with Gasteiger partial charge in [0.15, 0.2) is 0 Å². The molecule has 2 N–H and O–H groups in total. The number of piperidine rings is 2. The van der Waals surface area contributed by atoms with Gasteiger partial charge in [0.05, 0.1) is 11.4 Å². The van der Waals surface area contributed by atoms with Crippen molar-refractivity contribution in [3.63, 3.8) is 0 Å². The summed E-state index contributed by atoms with van der Waals surface area (Å²) >= 11 is 0. The van der Waals surface area contributed by atoms with Crippen LogP contribution in [0.25, 0.3) is 0 Å². The van der Waals surface area contributed by atoms with Crippen molar-refractivity contribution in [3.8, 4) is 0 Å². The predicted octanol–water partition coefficient (Wildman–Crippen LogP) is 4.98. The highest BCUT2D eigenvalue weighted by Gasteiger charge is 2.46. The molecule has 6 atom stereocenters. The summed E-state index contributed by atoms with van der Waals surface area (Å²) in [5, 5.41) is 0. The lowest BCUT2D eigenvalue weighted by atomic mass is 9.68. The Morgan fingerprint density at radius 2 is 1.52 bits per heavy atom. The molecule has 1 aromatic rings. The summed E-state index contributed by atoms with van der Waals surface area (Å²) < 4.78 is 0. The number of carbonyl (C=O) groups excluding carboxylic acids is 1. The number of nitrogen functional groups attached to an aromatic ring is 1. The normalized spacial score (nSPS) is 37.1. The minimum absolute atomic E-state index is 0.131. The minimum Gasteiger partial charge on any atom is -0.397 e. The molecule has 0 radical (unpaired) electrons. The first-order valence-electron chi connectivity index (χ1n) is 12.0. The predicted molar refractivity (Wildman–Crippen MR) is 119 cm³/mol. The van der Waals surface area contributed by atoms with E-state index in [1.807, 2.05) is 29.2 Å². The SMILES string of the molecule is CC(=O)N(c1ccccc1N)[C@H]1C[C@H]2CCC[C@@H](C1)N2[C@H]1C[C@@H]2CCC[C@@H](C2)C1. The maximum Gasteiger partial charge on any atom is 0.224 e. The molecule has 0 spiro atoms. The largest absolute Gasteiger partial charge is 0.397 e. The van der Waals surface area contributed by atoms with Crippen molar-refractivity contribution >= 4 is 17.3 Å². The second kappa shape index (κ2) is 7.94. The van der Waals surface area contributed by atoms with Gasteiger partial charge in [0, 0.05) is 31.1 Å². The Labute approximate surface area is 175 Å². The first-order chi connectivity index (χ1) is 14.1. The quantitative estimate of drug-likeness (QED) is 0.735. The zero-order chi connectivity index (χ0) is 20.0. The zero-order valence-electron chi connectivity index (χ0n) is 17.9. The number of nitrogens with two attached hydrogens (primary N) is 1. The highest BCUT2D eigenvalue weighted by molar-refractivity contribution is 5.95. The van der Waals surface area contributed by atoms with E-state index in [-0.39, 0.29) is 11.9 Å². The van der Waals surface area contributed by atoms with Crippen molar-refractivity contribution in [3.05, 3.63) is 24.3 Å². The van der Waals surface area contributed by atoms with Crippen molar-refractivity contribution in [2.75, 3.05) is 10.6 Å². The van der Waals surface area contributed by atoms with Crippen LogP contribution < -0.4 is 10.6 Å². The van der Waals surface area contributed by atoms with Crippen molar-refractivity contribution in [2.24, 2.45) is 11.8 Å². The molecule has 29 heavy (non-hydrogen) atoms. The fourth-order valence-corrected chi connectivity index (χ4v) is 7.47. The second-order valence-corrected chi connectivity index (χ2v) is 10.3. The Balaban J connectivity index is 1.37. The topological polar surface area (TPSA) is 49.6 Å².